The van der Waals surface area contributed by atoms with Gasteiger partial charge in [0.1, 0.15) is 26.4 Å². The van der Waals surface area contributed by atoms with Gasteiger partial charge in [0.25, 0.3) is 10.1 Å². The molecule has 0 aromatic heterocycles. The second-order valence-electron chi connectivity index (χ2n) is 18.5. The molecular weight excluding hydrogens is 860 g/mol. The molecule has 60 heavy (non-hydrogen) atoms. The van der Waals surface area contributed by atoms with Gasteiger partial charge in [0.2, 0.25) is 11.8 Å². The molecule has 0 fully saturated rings. The standard InChI is InChI=1S/C39H77N4O13PS3/c1-11-38(4,34(45)41-19-14-21-43(9,10)22-15-29-60(50,51)52)31-39(5,36(47)53-24-20-40-33(44)17-13-12-16-32(59)18-28-58)30-37(2,3)35(46)54-26-27-56-57(48,49)55-25-23-42(6,7)8/h32H,11-31H2,1-10H3,(H4-2,40,41,44,45,48,49,50,51,52,58,59)/p+2. The van der Waals surface area contributed by atoms with Gasteiger partial charge < -0.3 is 34.0 Å². The number of likely N-dealkylation sites (N-methyl/N-ethyl adjacent to an activating group) is 1. The fraction of sp³-hybridized carbons (Fsp3) is 0.897. The third-order valence-electron chi connectivity index (χ3n) is 10.3. The Morgan fingerprint density at radius 2 is 1.37 bits per heavy atom. The number of carbonyl (C=O) groups is 4. The average Bonchev–Trinajstić information content (AvgIpc) is 3.10. The molecule has 0 bridgehead atoms. The third-order valence-corrected chi connectivity index (χ3v) is 12.9. The van der Waals surface area contributed by atoms with Crippen molar-refractivity contribution < 1.29 is 69.1 Å². The van der Waals surface area contributed by atoms with Gasteiger partial charge in [-0.1, -0.05) is 20.3 Å². The number of ether oxygens (including phenoxy) is 2. The van der Waals surface area contributed by atoms with Crippen LogP contribution in [0.4, 0.5) is 0 Å². The van der Waals surface area contributed by atoms with E-state index in [2.05, 4.69) is 35.9 Å². The number of phosphoric ester groups is 1. The van der Waals surface area contributed by atoms with Gasteiger partial charge in [0, 0.05) is 36.5 Å². The molecule has 21 heteroatoms. The van der Waals surface area contributed by atoms with E-state index in [0.717, 1.165) is 25.0 Å². The molecule has 0 aliphatic heterocycles. The fourth-order valence-corrected chi connectivity index (χ4v) is 8.71. The Hall–Kier alpha value is -1.48. The number of unbranched alkanes of at least 4 members (excludes halogenated alkanes) is 1. The molecule has 4 N–H and O–H groups in total. The predicted octanol–water partition coefficient (Wildman–Crippen LogP) is 4.30. The molecule has 4 unspecified atom stereocenters. The molecule has 0 aromatic rings. The van der Waals surface area contributed by atoms with Crippen LogP contribution in [0, 0.1) is 16.2 Å². The first kappa shape index (κ1) is 58.5. The Kier molecular flexibility index (Phi) is 26.3. The van der Waals surface area contributed by atoms with Crippen LogP contribution in [-0.4, -0.2) is 162 Å². The van der Waals surface area contributed by atoms with Gasteiger partial charge in [-0.25, -0.2) is 4.57 Å². The SMILES string of the molecule is CCC(C)(CC(C)(CC(C)(C)C(=O)OCCOP(=O)(O)OCC[N+](C)(C)C)C(=O)OCCNC(=O)CCCCC(S)CCS)C(=O)NCCC[N+](C)(C)CCCS(=O)(=O)O. The maximum absolute atomic E-state index is 14.0. The summed E-state index contributed by atoms with van der Waals surface area (Å²) >= 11 is 8.75. The van der Waals surface area contributed by atoms with E-state index in [4.69, 9.17) is 23.1 Å². The van der Waals surface area contributed by atoms with E-state index in [-0.39, 0.29) is 68.4 Å². The molecule has 0 radical (unpaired) electrons. The molecule has 0 saturated carbocycles. The van der Waals surface area contributed by atoms with E-state index in [0.29, 0.717) is 60.8 Å². The number of phosphoric acid groups is 1. The monoisotopic (exact) mass is 938 g/mol. The van der Waals surface area contributed by atoms with Crippen molar-refractivity contribution in [3.63, 3.8) is 0 Å². The number of carbonyl (C=O) groups excluding carboxylic acids is 4. The highest BCUT2D eigenvalue weighted by atomic mass is 32.2. The van der Waals surface area contributed by atoms with Crippen LogP contribution in [0.2, 0.25) is 0 Å². The molecule has 354 valence electrons. The summed E-state index contributed by atoms with van der Waals surface area (Å²) in [6.45, 7) is 9.48. The van der Waals surface area contributed by atoms with Crippen LogP contribution in [0.15, 0.2) is 0 Å². The Balaban J connectivity index is 5.76. The summed E-state index contributed by atoms with van der Waals surface area (Å²) in [6, 6.07) is 0. The van der Waals surface area contributed by atoms with Gasteiger partial charge in [-0.2, -0.15) is 33.7 Å². The van der Waals surface area contributed by atoms with Crippen molar-refractivity contribution in [2.24, 2.45) is 16.2 Å². The molecular formula is C39H79N4O13PS3+2. The maximum atomic E-state index is 14.0. The second kappa shape index (κ2) is 27.0. The average molecular weight is 939 g/mol. The second-order valence-corrected chi connectivity index (χ2v) is 22.7. The Morgan fingerprint density at radius 1 is 0.767 bits per heavy atom. The molecule has 0 spiro atoms. The molecule has 2 amide bonds. The molecule has 4 atom stereocenters. The van der Waals surface area contributed by atoms with Gasteiger partial charge in [0.05, 0.1) is 78.1 Å². The predicted molar refractivity (Wildman–Crippen MR) is 239 cm³/mol. The molecule has 0 heterocycles. The highest BCUT2D eigenvalue weighted by Gasteiger charge is 2.49. The first-order chi connectivity index (χ1) is 27.4. The lowest BCUT2D eigenvalue weighted by Gasteiger charge is -2.40. The Morgan fingerprint density at radius 3 is 1.95 bits per heavy atom. The van der Waals surface area contributed by atoms with Crippen molar-refractivity contribution in [1.29, 1.82) is 0 Å². The summed E-state index contributed by atoms with van der Waals surface area (Å²) < 4.78 is 65.7. The number of amides is 2. The summed E-state index contributed by atoms with van der Waals surface area (Å²) in [5, 5.41) is 6.01. The van der Waals surface area contributed by atoms with Crippen LogP contribution in [0.3, 0.4) is 0 Å². The fourth-order valence-electron chi connectivity index (χ4n) is 6.70. The number of nitrogens with zero attached hydrogens (tertiary/aromatic N) is 2. The number of esters is 2. The van der Waals surface area contributed by atoms with Gasteiger partial charge in [-0.3, -0.25) is 32.8 Å². The molecule has 0 aliphatic carbocycles. The number of hydrogen-bond donors (Lipinski definition) is 6. The minimum atomic E-state index is -4.39. The van der Waals surface area contributed by atoms with Crippen LogP contribution in [0.1, 0.15) is 98.8 Å². The number of nitrogens with one attached hydrogen (secondary N) is 2. The highest BCUT2D eigenvalue weighted by molar-refractivity contribution is 7.85. The maximum Gasteiger partial charge on any atom is 0.472 e. The lowest BCUT2D eigenvalue weighted by atomic mass is 9.64. The zero-order valence-electron chi connectivity index (χ0n) is 38.0. The zero-order valence-corrected chi connectivity index (χ0v) is 41.5. The van der Waals surface area contributed by atoms with E-state index in [1.54, 1.807) is 27.7 Å². The van der Waals surface area contributed by atoms with E-state index < -0.39 is 52.7 Å². The van der Waals surface area contributed by atoms with Crippen LogP contribution < -0.4 is 10.6 Å². The van der Waals surface area contributed by atoms with Crippen LogP contribution in [-0.2, 0) is 52.4 Å². The Labute approximate surface area is 371 Å². The molecule has 0 rings (SSSR count). The summed E-state index contributed by atoms with van der Waals surface area (Å²) in [4.78, 5) is 63.7. The molecule has 0 aliphatic rings. The number of rotatable bonds is 34. The summed E-state index contributed by atoms with van der Waals surface area (Å²) in [5.74, 6) is -1.40. The normalized spacial score (nSPS) is 16.2. The summed E-state index contributed by atoms with van der Waals surface area (Å²) in [6.07, 6.45) is 4.77. The quantitative estimate of drug-likeness (QED) is 0.0133. The minimum Gasteiger partial charge on any atom is -0.463 e. The largest absolute Gasteiger partial charge is 0.472 e. The van der Waals surface area contributed by atoms with Gasteiger partial charge in [-0.15, -0.1) is 0 Å². The molecule has 0 aromatic carbocycles. The lowest BCUT2D eigenvalue weighted by molar-refractivity contribution is -0.890. The minimum absolute atomic E-state index is 0.00219. The molecule has 0 saturated heterocycles. The number of hydrogen-bond acceptors (Lipinski definition) is 13. The van der Waals surface area contributed by atoms with Gasteiger partial charge in [0.15, 0.2) is 0 Å². The van der Waals surface area contributed by atoms with Gasteiger partial charge in [-0.05, 0) is 65.0 Å². The van der Waals surface area contributed by atoms with Crippen LogP contribution >= 0.6 is 33.1 Å². The number of thiol groups is 2. The Bertz CT molecular complexity index is 1500. The van der Waals surface area contributed by atoms with Crippen molar-refractivity contribution in [1.82, 2.24) is 10.6 Å². The van der Waals surface area contributed by atoms with Crippen molar-refractivity contribution in [3.8, 4) is 0 Å². The van der Waals surface area contributed by atoms with Crippen LogP contribution in [0.5, 0.6) is 0 Å². The first-order valence-electron chi connectivity index (χ1n) is 20.8. The smallest absolute Gasteiger partial charge is 0.463 e. The van der Waals surface area contributed by atoms with Crippen molar-refractivity contribution in [2.75, 3.05) is 106 Å². The van der Waals surface area contributed by atoms with Crippen molar-refractivity contribution in [2.45, 2.75) is 104 Å². The highest BCUT2D eigenvalue weighted by Crippen LogP contribution is 2.46. The van der Waals surface area contributed by atoms with Crippen molar-refractivity contribution in [3.05, 3.63) is 0 Å². The summed E-state index contributed by atoms with van der Waals surface area (Å²) in [7, 11) is 1.14. The first-order valence-corrected chi connectivity index (χ1v) is 25.0. The van der Waals surface area contributed by atoms with Gasteiger partial charge >= 0.3 is 19.8 Å². The van der Waals surface area contributed by atoms with E-state index >= 15 is 0 Å². The van der Waals surface area contributed by atoms with E-state index in [9.17, 15) is 37.1 Å². The van der Waals surface area contributed by atoms with E-state index in [1.165, 1.54) is 0 Å². The zero-order chi connectivity index (χ0) is 46.5. The summed E-state index contributed by atoms with van der Waals surface area (Å²) in [5.41, 5.74) is -3.77. The van der Waals surface area contributed by atoms with Crippen LogP contribution in [0.25, 0.3) is 0 Å². The number of quaternary nitrogens is 2. The van der Waals surface area contributed by atoms with Crippen molar-refractivity contribution >= 4 is 67.0 Å². The lowest BCUT2D eigenvalue weighted by Crippen LogP contribution is -2.48. The topological polar surface area (TPSA) is 221 Å². The molecule has 17 nitrogen and oxygen atoms in total. The van der Waals surface area contributed by atoms with E-state index in [1.807, 2.05) is 42.2 Å². The third kappa shape index (κ3) is 26.9.